The number of benzene rings is 1. The lowest BCUT2D eigenvalue weighted by Gasteiger charge is -2.25. The van der Waals surface area contributed by atoms with Crippen molar-refractivity contribution in [1.82, 2.24) is 19.6 Å². The monoisotopic (exact) mass is 281 g/mol. The van der Waals surface area contributed by atoms with Crippen LogP contribution in [0.4, 0.5) is 5.82 Å². The Hall–Kier alpha value is -2.63. The Balaban J connectivity index is 1.47. The molecule has 0 saturated carbocycles. The minimum atomic E-state index is 0.421. The molecule has 3 heterocycles. The van der Waals surface area contributed by atoms with Gasteiger partial charge in [0.25, 0.3) is 0 Å². The van der Waals surface area contributed by atoms with Crippen LogP contribution in [0.2, 0.25) is 0 Å². The van der Waals surface area contributed by atoms with Crippen molar-refractivity contribution in [2.75, 3.05) is 18.5 Å². The maximum absolute atomic E-state index is 5.80. The van der Waals surface area contributed by atoms with Crippen molar-refractivity contribution in [3.8, 4) is 5.75 Å². The molecule has 4 rings (SSSR count). The fourth-order valence-electron chi connectivity index (χ4n) is 2.65. The quantitative estimate of drug-likeness (QED) is 0.793. The van der Waals surface area contributed by atoms with Crippen LogP contribution in [0.15, 0.2) is 43.0 Å². The van der Waals surface area contributed by atoms with Crippen LogP contribution in [0.3, 0.4) is 0 Å². The maximum atomic E-state index is 5.80. The first-order chi connectivity index (χ1) is 10.4. The number of nitrogens with one attached hydrogen (secondary N) is 1. The summed E-state index contributed by atoms with van der Waals surface area (Å²) in [5.41, 5.74) is 2.01. The van der Waals surface area contributed by atoms with Crippen molar-refractivity contribution in [2.24, 2.45) is 5.92 Å². The first-order valence-electron chi connectivity index (χ1n) is 6.99. The van der Waals surface area contributed by atoms with E-state index in [4.69, 9.17) is 4.74 Å². The first kappa shape index (κ1) is 12.1. The highest BCUT2D eigenvalue weighted by Crippen LogP contribution is 2.26. The lowest BCUT2D eigenvalue weighted by molar-refractivity contribution is 0.229. The molecule has 0 aliphatic carbocycles. The Kier molecular flexibility index (Phi) is 2.92. The largest absolute Gasteiger partial charge is 0.493 e. The van der Waals surface area contributed by atoms with Crippen LogP contribution in [0.5, 0.6) is 5.75 Å². The topological polar surface area (TPSA) is 64.3 Å². The molecule has 0 spiro atoms. The number of aromatic nitrogens is 4. The molecule has 0 fully saturated rings. The number of ether oxygens (including phenoxy) is 1. The molecule has 6 heteroatoms. The Bertz CT molecular complexity index is 769. The molecule has 6 nitrogen and oxygen atoms in total. The lowest BCUT2D eigenvalue weighted by atomic mass is 9.97. The van der Waals surface area contributed by atoms with Crippen molar-refractivity contribution in [3.05, 3.63) is 48.5 Å². The van der Waals surface area contributed by atoms with Crippen molar-refractivity contribution >= 4 is 11.5 Å². The second kappa shape index (κ2) is 5.05. The third kappa shape index (κ3) is 2.29. The third-order valence-corrected chi connectivity index (χ3v) is 3.73. The van der Waals surface area contributed by atoms with Crippen molar-refractivity contribution in [3.63, 3.8) is 0 Å². The molecule has 3 aromatic rings. The Morgan fingerprint density at radius 3 is 3.29 bits per heavy atom. The molecule has 1 aliphatic rings. The fraction of sp³-hybridized carbons (Fsp3) is 0.267. The van der Waals surface area contributed by atoms with Gasteiger partial charge >= 0.3 is 0 Å². The van der Waals surface area contributed by atoms with E-state index in [9.17, 15) is 0 Å². The van der Waals surface area contributed by atoms with E-state index in [-0.39, 0.29) is 0 Å². The summed E-state index contributed by atoms with van der Waals surface area (Å²) in [5, 5.41) is 11.3. The molecule has 0 unspecified atom stereocenters. The van der Waals surface area contributed by atoms with Gasteiger partial charge in [-0.2, -0.15) is 0 Å². The Morgan fingerprint density at radius 2 is 2.29 bits per heavy atom. The number of fused-ring (bicyclic) bond motifs is 2. The van der Waals surface area contributed by atoms with Crippen LogP contribution in [0, 0.1) is 5.92 Å². The highest BCUT2D eigenvalue weighted by atomic mass is 16.5. The van der Waals surface area contributed by atoms with E-state index in [1.165, 1.54) is 5.56 Å². The summed E-state index contributed by atoms with van der Waals surface area (Å²) in [6.45, 7) is 1.52. The van der Waals surface area contributed by atoms with Gasteiger partial charge in [-0.25, -0.2) is 4.98 Å². The number of hydrogen-bond donors (Lipinski definition) is 1. The van der Waals surface area contributed by atoms with Gasteiger partial charge in [0, 0.05) is 24.9 Å². The summed E-state index contributed by atoms with van der Waals surface area (Å²) in [4.78, 5) is 4.33. The van der Waals surface area contributed by atoms with Crippen molar-refractivity contribution < 1.29 is 4.74 Å². The summed E-state index contributed by atoms with van der Waals surface area (Å²) in [5.74, 6) is 2.19. The van der Waals surface area contributed by atoms with Gasteiger partial charge < -0.3 is 10.1 Å². The van der Waals surface area contributed by atoms with Gasteiger partial charge in [0.2, 0.25) is 5.65 Å². The van der Waals surface area contributed by atoms with Gasteiger partial charge in [-0.15, -0.1) is 10.2 Å². The van der Waals surface area contributed by atoms with E-state index < -0.39 is 0 Å². The highest BCUT2D eigenvalue weighted by Gasteiger charge is 2.19. The van der Waals surface area contributed by atoms with Gasteiger partial charge in [0.05, 0.1) is 6.61 Å². The van der Waals surface area contributed by atoms with Crippen LogP contribution in [0.1, 0.15) is 5.56 Å². The predicted molar refractivity (Wildman–Crippen MR) is 78.4 cm³/mol. The van der Waals surface area contributed by atoms with E-state index in [2.05, 4.69) is 32.6 Å². The number of para-hydroxylation sites is 1. The van der Waals surface area contributed by atoms with Crippen LogP contribution < -0.4 is 10.1 Å². The Labute approximate surface area is 121 Å². The summed E-state index contributed by atoms with van der Waals surface area (Å²) >= 11 is 0. The minimum absolute atomic E-state index is 0.421. The average molecular weight is 281 g/mol. The Morgan fingerprint density at radius 1 is 1.33 bits per heavy atom. The summed E-state index contributed by atoms with van der Waals surface area (Å²) in [6, 6.07) is 8.21. The van der Waals surface area contributed by atoms with Gasteiger partial charge in [-0.3, -0.25) is 4.40 Å². The lowest BCUT2D eigenvalue weighted by Crippen LogP contribution is -2.27. The SMILES string of the molecule is c1ccc2c(c1)C[C@@H](CNc1nccn3cnnc13)CO2. The van der Waals surface area contributed by atoms with Gasteiger partial charge in [0.1, 0.15) is 12.1 Å². The fourth-order valence-corrected chi connectivity index (χ4v) is 2.65. The van der Waals surface area contributed by atoms with E-state index in [1.54, 1.807) is 12.5 Å². The van der Waals surface area contributed by atoms with Crippen LogP contribution in [-0.2, 0) is 6.42 Å². The standard InChI is InChI=1S/C15H15N5O/c1-2-4-13-12(3-1)7-11(9-21-13)8-17-14-15-19-18-10-20(15)6-5-16-14/h1-6,10-11H,7-9H2,(H,16,17)/t11-/m0/s1. The van der Waals surface area contributed by atoms with E-state index >= 15 is 0 Å². The molecule has 1 N–H and O–H groups in total. The highest BCUT2D eigenvalue weighted by molar-refractivity contribution is 5.61. The molecule has 1 aromatic carbocycles. The van der Waals surface area contributed by atoms with Gasteiger partial charge in [0.15, 0.2) is 5.82 Å². The zero-order chi connectivity index (χ0) is 14.1. The molecule has 0 amide bonds. The van der Waals surface area contributed by atoms with E-state index in [0.717, 1.165) is 36.8 Å². The number of anilines is 1. The maximum Gasteiger partial charge on any atom is 0.203 e. The smallest absolute Gasteiger partial charge is 0.203 e. The molecule has 1 aliphatic heterocycles. The minimum Gasteiger partial charge on any atom is -0.493 e. The summed E-state index contributed by atoms with van der Waals surface area (Å²) in [6.07, 6.45) is 6.26. The normalized spacial score (nSPS) is 17.2. The van der Waals surface area contributed by atoms with Crippen molar-refractivity contribution in [2.45, 2.75) is 6.42 Å². The molecule has 106 valence electrons. The molecule has 2 aromatic heterocycles. The second-order valence-corrected chi connectivity index (χ2v) is 5.21. The molecule has 0 bridgehead atoms. The molecular formula is C15H15N5O. The number of nitrogens with zero attached hydrogens (tertiary/aromatic N) is 4. The van der Waals surface area contributed by atoms with Crippen molar-refractivity contribution in [1.29, 1.82) is 0 Å². The second-order valence-electron chi connectivity index (χ2n) is 5.21. The zero-order valence-electron chi connectivity index (χ0n) is 11.4. The molecule has 0 radical (unpaired) electrons. The first-order valence-corrected chi connectivity index (χ1v) is 6.99. The molecule has 1 atom stereocenters. The van der Waals surface area contributed by atoms with E-state index in [0.29, 0.717) is 5.92 Å². The average Bonchev–Trinajstić information content (AvgIpc) is 3.02. The van der Waals surface area contributed by atoms with Gasteiger partial charge in [-0.05, 0) is 18.1 Å². The van der Waals surface area contributed by atoms with Gasteiger partial charge in [-0.1, -0.05) is 18.2 Å². The van der Waals surface area contributed by atoms with E-state index in [1.807, 2.05) is 22.7 Å². The zero-order valence-corrected chi connectivity index (χ0v) is 11.4. The molecular weight excluding hydrogens is 266 g/mol. The molecule has 0 saturated heterocycles. The third-order valence-electron chi connectivity index (χ3n) is 3.73. The summed E-state index contributed by atoms with van der Waals surface area (Å²) < 4.78 is 7.65. The number of hydrogen-bond acceptors (Lipinski definition) is 5. The predicted octanol–water partition coefficient (Wildman–Crippen LogP) is 1.79. The van der Waals surface area contributed by atoms with Crippen LogP contribution in [-0.4, -0.2) is 32.7 Å². The molecule has 21 heavy (non-hydrogen) atoms. The summed E-state index contributed by atoms with van der Waals surface area (Å²) in [7, 11) is 0. The number of rotatable bonds is 3. The van der Waals surface area contributed by atoms with Crippen LogP contribution >= 0.6 is 0 Å². The van der Waals surface area contributed by atoms with Crippen LogP contribution in [0.25, 0.3) is 5.65 Å².